The van der Waals surface area contributed by atoms with Gasteiger partial charge in [-0.15, -0.1) is 0 Å². The summed E-state index contributed by atoms with van der Waals surface area (Å²) in [7, 11) is 0. The molecule has 2 aliphatic rings. The summed E-state index contributed by atoms with van der Waals surface area (Å²) < 4.78 is 0. The molecule has 0 aliphatic carbocycles. The highest BCUT2D eigenvalue weighted by molar-refractivity contribution is 7.78. The standard InChI is InChI=1S/C6H4N2.COS/c1-3-7-6-2-4-8-5(1)6;2-1-3/h1-4H;. The number of aliphatic imine (C=N–C) groups is 2. The average Bonchev–Trinajstić information content (AvgIpc) is 2.44. The molecule has 2 heterocycles. The monoisotopic (exact) mass is 164 g/mol. The molecule has 0 aromatic carbocycles. The number of carbonyl (C=O) groups excluding carboxylic acids is 1. The topological polar surface area (TPSA) is 41.8 Å². The van der Waals surface area contributed by atoms with E-state index in [0.29, 0.717) is 0 Å². The smallest absolute Gasteiger partial charge is 0.202 e. The Morgan fingerprint density at radius 2 is 1.55 bits per heavy atom. The van der Waals surface area contributed by atoms with Crippen molar-refractivity contribution in [2.24, 2.45) is 9.98 Å². The number of thiocarbonyl (C=S) groups is 1. The quantitative estimate of drug-likeness (QED) is 0.504. The van der Waals surface area contributed by atoms with Crippen LogP contribution < -0.4 is 0 Å². The SMILES string of the molecule is C1=NC2=CC=NC2=C1.O=C=S. The number of nitrogens with zero attached hydrogens (tertiary/aromatic N) is 2. The molecule has 0 saturated carbocycles. The van der Waals surface area contributed by atoms with Crippen LogP contribution in [0, 0.1) is 0 Å². The first-order chi connectivity index (χ1) is 5.38. The Hall–Kier alpha value is -1.38. The van der Waals surface area contributed by atoms with Gasteiger partial charge in [-0.2, -0.15) is 0 Å². The fraction of sp³-hybridized carbons (Fsp3) is 0. The van der Waals surface area contributed by atoms with Crippen molar-refractivity contribution in [3.63, 3.8) is 0 Å². The van der Waals surface area contributed by atoms with E-state index in [0.717, 1.165) is 16.6 Å². The minimum absolute atomic E-state index is 0.991. The summed E-state index contributed by atoms with van der Waals surface area (Å²) in [6.07, 6.45) is 7.32. The second-order valence-electron chi connectivity index (χ2n) is 1.74. The highest BCUT2D eigenvalue weighted by Crippen LogP contribution is 2.19. The van der Waals surface area contributed by atoms with Gasteiger partial charge in [0.05, 0.1) is 11.4 Å². The average molecular weight is 164 g/mol. The van der Waals surface area contributed by atoms with Crippen molar-refractivity contribution in [2.45, 2.75) is 0 Å². The molecular formula is C7H4N2OS. The predicted molar refractivity (Wildman–Crippen MR) is 46.4 cm³/mol. The molecule has 2 rings (SSSR count). The lowest BCUT2D eigenvalue weighted by Crippen LogP contribution is -1.66. The van der Waals surface area contributed by atoms with E-state index in [1.165, 1.54) is 0 Å². The largest absolute Gasteiger partial charge is 0.254 e. The third-order valence-electron chi connectivity index (χ3n) is 1.15. The molecule has 0 N–H and O–H groups in total. The summed E-state index contributed by atoms with van der Waals surface area (Å²) in [6.45, 7) is 0. The molecule has 0 fully saturated rings. The summed E-state index contributed by atoms with van der Waals surface area (Å²) in [4.78, 5) is 16.5. The van der Waals surface area contributed by atoms with E-state index in [1.54, 1.807) is 12.4 Å². The molecule has 54 valence electrons. The Bertz CT molecular complexity index is 280. The zero-order valence-electron chi connectivity index (χ0n) is 5.52. The molecular weight excluding hydrogens is 160 g/mol. The summed E-state index contributed by atoms with van der Waals surface area (Å²) in [5.74, 6) is 0. The van der Waals surface area contributed by atoms with Crippen LogP contribution in [0.2, 0.25) is 0 Å². The molecule has 0 aromatic heterocycles. The van der Waals surface area contributed by atoms with E-state index in [1.807, 2.05) is 12.2 Å². The van der Waals surface area contributed by atoms with Crippen LogP contribution in [-0.2, 0) is 4.79 Å². The third-order valence-corrected chi connectivity index (χ3v) is 1.15. The molecule has 0 aromatic rings. The van der Waals surface area contributed by atoms with E-state index < -0.39 is 0 Å². The predicted octanol–water partition coefficient (Wildman–Crippen LogP) is 1.17. The van der Waals surface area contributed by atoms with Crippen molar-refractivity contribution in [2.75, 3.05) is 0 Å². The van der Waals surface area contributed by atoms with Crippen molar-refractivity contribution in [1.29, 1.82) is 0 Å². The van der Waals surface area contributed by atoms with Crippen LogP contribution in [0.4, 0.5) is 0 Å². The van der Waals surface area contributed by atoms with E-state index in [9.17, 15) is 0 Å². The normalized spacial score (nSPS) is 16.0. The van der Waals surface area contributed by atoms with E-state index in [-0.39, 0.29) is 0 Å². The maximum atomic E-state index is 8.50. The molecule has 11 heavy (non-hydrogen) atoms. The number of rotatable bonds is 0. The van der Waals surface area contributed by atoms with Crippen LogP contribution >= 0.6 is 12.2 Å². The Kier molecular flexibility index (Phi) is 2.60. The molecule has 2 aliphatic heterocycles. The van der Waals surface area contributed by atoms with E-state index in [2.05, 4.69) is 22.2 Å². The minimum atomic E-state index is 0.991. The number of allylic oxidation sites excluding steroid dienone is 2. The van der Waals surface area contributed by atoms with Crippen LogP contribution in [0.15, 0.2) is 33.5 Å². The van der Waals surface area contributed by atoms with Crippen molar-refractivity contribution in [1.82, 2.24) is 0 Å². The van der Waals surface area contributed by atoms with Gasteiger partial charge in [0.2, 0.25) is 5.23 Å². The summed E-state index contributed by atoms with van der Waals surface area (Å²) in [5, 5.41) is 1.08. The summed E-state index contributed by atoms with van der Waals surface area (Å²) in [5.41, 5.74) is 1.98. The summed E-state index contributed by atoms with van der Waals surface area (Å²) >= 11 is 3.59. The number of fused-ring (bicyclic) bond motifs is 1. The molecule has 0 bridgehead atoms. The first-order valence-corrected chi connectivity index (χ1v) is 3.27. The van der Waals surface area contributed by atoms with Gasteiger partial charge >= 0.3 is 0 Å². The lowest BCUT2D eigenvalue weighted by molar-refractivity contribution is 0.572. The fourth-order valence-corrected chi connectivity index (χ4v) is 0.765. The van der Waals surface area contributed by atoms with Gasteiger partial charge in [-0.1, -0.05) is 0 Å². The van der Waals surface area contributed by atoms with E-state index in [4.69, 9.17) is 4.79 Å². The first kappa shape index (κ1) is 7.72. The second kappa shape index (κ2) is 3.71. The molecule has 0 atom stereocenters. The zero-order chi connectivity index (χ0) is 8.10. The lowest BCUT2D eigenvalue weighted by atomic mass is 10.4. The van der Waals surface area contributed by atoms with E-state index >= 15 is 0 Å². The van der Waals surface area contributed by atoms with Crippen molar-refractivity contribution >= 4 is 29.9 Å². The molecule has 0 spiro atoms. The Morgan fingerprint density at radius 1 is 1.18 bits per heavy atom. The van der Waals surface area contributed by atoms with Gasteiger partial charge in [-0.05, 0) is 12.2 Å². The molecule has 4 heteroatoms. The highest BCUT2D eigenvalue weighted by Gasteiger charge is 2.07. The summed E-state index contributed by atoms with van der Waals surface area (Å²) in [6, 6.07) is 0. The van der Waals surface area contributed by atoms with Crippen LogP contribution in [0.25, 0.3) is 0 Å². The van der Waals surface area contributed by atoms with Crippen LogP contribution in [0.5, 0.6) is 0 Å². The number of hydrogen-bond acceptors (Lipinski definition) is 4. The van der Waals surface area contributed by atoms with Gasteiger partial charge in [0.15, 0.2) is 0 Å². The third kappa shape index (κ3) is 1.77. The van der Waals surface area contributed by atoms with Gasteiger partial charge in [0.1, 0.15) is 0 Å². The van der Waals surface area contributed by atoms with Gasteiger partial charge in [0.25, 0.3) is 0 Å². The Balaban J connectivity index is 0.000000179. The lowest BCUT2D eigenvalue weighted by Gasteiger charge is -1.83. The number of hydrogen-bond donors (Lipinski definition) is 0. The van der Waals surface area contributed by atoms with Crippen molar-refractivity contribution in [3.8, 4) is 0 Å². The first-order valence-electron chi connectivity index (χ1n) is 2.87. The molecule has 0 amide bonds. The molecule has 3 nitrogen and oxygen atoms in total. The van der Waals surface area contributed by atoms with Crippen LogP contribution in [0.1, 0.15) is 0 Å². The fourth-order valence-electron chi connectivity index (χ4n) is 0.765. The van der Waals surface area contributed by atoms with Crippen molar-refractivity contribution in [3.05, 3.63) is 23.5 Å². The second-order valence-corrected chi connectivity index (χ2v) is 1.91. The maximum Gasteiger partial charge on any atom is 0.202 e. The highest BCUT2D eigenvalue weighted by atomic mass is 32.1. The molecule has 0 radical (unpaired) electrons. The van der Waals surface area contributed by atoms with Crippen LogP contribution in [-0.4, -0.2) is 17.7 Å². The van der Waals surface area contributed by atoms with Crippen LogP contribution in [0.3, 0.4) is 0 Å². The van der Waals surface area contributed by atoms with Gasteiger partial charge in [0, 0.05) is 24.6 Å². The van der Waals surface area contributed by atoms with Gasteiger partial charge < -0.3 is 0 Å². The van der Waals surface area contributed by atoms with Gasteiger partial charge in [-0.25, -0.2) is 4.79 Å². The molecule has 0 saturated heterocycles. The Labute approximate surface area is 68.9 Å². The van der Waals surface area contributed by atoms with Crippen molar-refractivity contribution < 1.29 is 4.79 Å². The zero-order valence-corrected chi connectivity index (χ0v) is 6.34. The molecule has 0 unspecified atom stereocenters. The minimum Gasteiger partial charge on any atom is -0.254 e. The Morgan fingerprint density at radius 3 is 1.91 bits per heavy atom. The maximum absolute atomic E-state index is 8.50. The van der Waals surface area contributed by atoms with Gasteiger partial charge in [-0.3, -0.25) is 9.98 Å².